The minimum absolute atomic E-state index is 0.772. The fourth-order valence-electron chi connectivity index (χ4n) is 4.58. The van der Waals surface area contributed by atoms with Crippen LogP contribution >= 0.6 is 12.6 Å². The number of nitrogens with zero attached hydrogens (tertiary/aromatic N) is 2. The Labute approximate surface area is 244 Å². The number of hydrogen-bond donors (Lipinski definition) is 1. The zero-order chi connectivity index (χ0) is 27.6. The number of rotatable bonds is 25. The molecule has 0 radical (unpaired) electrons. The lowest BCUT2D eigenvalue weighted by Gasteiger charge is -2.07. The van der Waals surface area contributed by atoms with Crippen molar-refractivity contribution in [2.45, 2.75) is 122 Å². The Hall–Kier alpha value is -2.01. The van der Waals surface area contributed by atoms with Crippen molar-refractivity contribution in [3.8, 4) is 11.5 Å². The molecule has 0 aliphatic carbocycles. The van der Waals surface area contributed by atoms with Gasteiger partial charge in [-0.15, -0.1) is 0 Å². The maximum Gasteiger partial charge on any atom is 0.119 e. The molecule has 0 amide bonds. The van der Waals surface area contributed by atoms with Crippen molar-refractivity contribution < 1.29 is 9.47 Å². The van der Waals surface area contributed by atoms with Gasteiger partial charge in [0.05, 0.1) is 24.6 Å². The molecule has 0 unspecified atom stereocenters. The maximum absolute atomic E-state index is 5.90. The summed E-state index contributed by atoms with van der Waals surface area (Å²) < 4.78 is 11.8. The fourth-order valence-corrected chi connectivity index (χ4v) is 4.80. The summed E-state index contributed by atoms with van der Waals surface area (Å²) in [5, 5.41) is 8.72. The van der Waals surface area contributed by atoms with Crippen molar-refractivity contribution >= 4 is 24.0 Å². The fraction of sp³-hybridized carbons (Fsp3) is 0.647. The summed E-state index contributed by atoms with van der Waals surface area (Å²) >= 11 is 4.26. The molecule has 0 saturated carbocycles. The van der Waals surface area contributed by atoms with Crippen LogP contribution in [0.3, 0.4) is 0 Å². The smallest absolute Gasteiger partial charge is 0.119 e. The molecule has 39 heavy (non-hydrogen) atoms. The summed E-state index contributed by atoms with van der Waals surface area (Å²) in [7, 11) is 0. The van der Waals surface area contributed by atoms with E-state index in [0.29, 0.717) is 0 Å². The second kappa shape index (κ2) is 23.8. The third-order valence-electron chi connectivity index (χ3n) is 7.04. The van der Waals surface area contributed by atoms with Crippen LogP contribution in [0.2, 0.25) is 0 Å². The van der Waals surface area contributed by atoms with Crippen molar-refractivity contribution in [1.29, 1.82) is 0 Å². The molecule has 0 bridgehead atoms. The van der Waals surface area contributed by atoms with E-state index in [1.54, 1.807) is 0 Å². The number of hydrogen-bond acceptors (Lipinski definition) is 5. The van der Waals surface area contributed by atoms with Gasteiger partial charge in [0, 0.05) is 0 Å². The summed E-state index contributed by atoms with van der Waals surface area (Å²) in [6, 6.07) is 15.7. The van der Waals surface area contributed by atoms with E-state index < -0.39 is 0 Å². The number of azo groups is 1. The zero-order valence-electron chi connectivity index (χ0n) is 24.6. The molecular formula is C34H54N2O2S. The monoisotopic (exact) mass is 554 g/mol. The SMILES string of the molecule is CCCCCCCCCCCCOc1ccc(N=Nc2ccc(OCCCCCCCCCCS)cc2)cc1. The quantitative estimate of drug-likeness (QED) is 0.0753. The van der Waals surface area contributed by atoms with Gasteiger partial charge in [-0.3, -0.25) is 0 Å². The first-order chi connectivity index (χ1) is 19.3. The van der Waals surface area contributed by atoms with E-state index in [9.17, 15) is 0 Å². The molecule has 218 valence electrons. The second-order valence-electron chi connectivity index (χ2n) is 10.6. The van der Waals surface area contributed by atoms with Crippen LogP contribution in [0.25, 0.3) is 0 Å². The normalized spacial score (nSPS) is 11.3. The molecule has 0 atom stereocenters. The van der Waals surface area contributed by atoms with Crippen LogP contribution in [0.5, 0.6) is 11.5 Å². The van der Waals surface area contributed by atoms with Crippen molar-refractivity contribution in [3.63, 3.8) is 0 Å². The third kappa shape index (κ3) is 18.1. The molecule has 0 aliphatic heterocycles. The molecule has 0 fully saturated rings. The Morgan fingerprint density at radius 3 is 1.15 bits per heavy atom. The number of ether oxygens (including phenoxy) is 2. The molecule has 5 heteroatoms. The lowest BCUT2D eigenvalue weighted by atomic mass is 10.1. The van der Waals surface area contributed by atoms with Crippen LogP contribution < -0.4 is 9.47 Å². The standard InChI is InChI=1S/C34H54N2O2S/c1-2-3-4-5-6-7-8-11-14-17-28-37-33-24-20-31(21-25-33)35-36-32-22-26-34(27-23-32)38-29-18-15-12-9-10-13-16-19-30-39/h20-27,39H,2-19,28-30H2,1H3. The Balaban J connectivity index is 1.51. The summed E-state index contributed by atoms with van der Waals surface area (Å²) in [5.74, 6) is 2.81. The first kappa shape index (κ1) is 33.2. The van der Waals surface area contributed by atoms with E-state index in [2.05, 4.69) is 29.8 Å². The highest BCUT2D eigenvalue weighted by molar-refractivity contribution is 7.80. The van der Waals surface area contributed by atoms with E-state index >= 15 is 0 Å². The maximum atomic E-state index is 5.90. The van der Waals surface area contributed by atoms with Gasteiger partial charge in [-0.1, -0.05) is 103 Å². The molecule has 0 saturated heterocycles. The topological polar surface area (TPSA) is 43.2 Å². The van der Waals surface area contributed by atoms with Crippen LogP contribution in [-0.4, -0.2) is 19.0 Å². The summed E-state index contributed by atoms with van der Waals surface area (Å²) in [5.41, 5.74) is 1.64. The number of benzene rings is 2. The molecule has 0 aromatic heterocycles. The highest BCUT2D eigenvalue weighted by atomic mass is 32.1. The molecule has 0 spiro atoms. The second-order valence-corrected chi connectivity index (χ2v) is 11.1. The molecular weight excluding hydrogens is 500 g/mol. The largest absolute Gasteiger partial charge is 0.494 e. The minimum atomic E-state index is 0.772. The number of unbranched alkanes of at least 4 members (excludes halogenated alkanes) is 16. The van der Waals surface area contributed by atoms with Gasteiger partial charge in [0.25, 0.3) is 0 Å². The van der Waals surface area contributed by atoms with Crippen molar-refractivity contribution in [3.05, 3.63) is 48.5 Å². The van der Waals surface area contributed by atoms with E-state index in [-0.39, 0.29) is 0 Å². The van der Waals surface area contributed by atoms with E-state index in [1.165, 1.54) is 103 Å². The Kier molecular flexibility index (Phi) is 20.3. The van der Waals surface area contributed by atoms with Crippen LogP contribution in [-0.2, 0) is 0 Å². The number of thiol groups is 1. The summed E-state index contributed by atoms with van der Waals surface area (Å²) in [4.78, 5) is 0. The van der Waals surface area contributed by atoms with Gasteiger partial charge in [-0.25, -0.2) is 0 Å². The van der Waals surface area contributed by atoms with Crippen LogP contribution in [0.1, 0.15) is 122 Å². The van der Waals surface area contributed by atoms with Gasteiger partial charge in [0.15, 0.2) is 0 Å². The van der Waals surface area contributed by atoms with E-state index in [4.69, 9.17) is 9.47 Å². The van der Waals surface area contributed by atoms with Gasteiger partial charge >= 0.3 is 0 Å². The molecule has 2 aromatic rings. The highest BCUT2D eigenvalue weighted by Gasteiger charge is 1.99. The Morgan fingerprint density at radius 1 is 0.462 bits per heavy atom. The lowest BCUT2D eigenvalue weighted by molar-refractivity contribution is 0.304. The molecule has 0 aliphatic rings. The molecule has 2 rings (SSSR count). The van der Waals surface area contributed by atoms with Crippen molar-refractivity contribution in [1.82, 2.24) is 0 Å². The van der Waals surface area contributed by atoms with E-state index in [0.717, 1.165) is 54.7 Å². The van der Waals surface area contributed by atoms with Gasteiger partial charge in [-0.2, -0.15) is 22.9 Å². The Bertz CT molecular complexity index is 839. The summed E-state index contributed by atoms with van der Waals surface area (Å²) in [6.45, 7) is 3.83. The van der Waals surface area contributed by atoms with E-state index in [1.807, 2.05) is 48.5 Å². The van der Waals surface area contributed by atoms with Crippen molar-refractivity contribution in [2.24, 2.45) is 10.2 Å². The first-order valence-corrected chi connectivity index (χ1v) is 16.4. The predicted molar refractivity (Wildman–Crippen MR) is 171 cm³/mol. The third-order valence-corrected chi connectivity index (χ3v) is 7.36. The molecule has 0 heterocycles. The summed E-state index contributed by atoms with van der Waals surface area (Å²) in [6.07, 6.45) is 23.6. The average Bonchev–Trinajstić information content (AvgIpc) is 2.97. The van der Waals surface area contributed by atoms with Crippen LogP contribution in [0.15, 0.2) is 58.8 Å². The van der Waals surface area contributed by atoms with Gasteiger partial charge in [-0.05, 0) is 73.5 Å². The van der Waals surface area contributed by atoms with Gasteiger partial charge in [0.1, 0.15) is 11.5 Å². The highest BCUT2D eigenvalue weighted by Crippen LogP contribution is 2.23. The Morgan fingerprint density at radius 2 is 0.795 bits per heavy atom. The molecule has 4 nitrogen and oxygen atoms in total. The molecule has 0 N–H and O–H groups in total. The zero-order valence-corrected chi connectivity index (χ0v) is 25.5. The lowest BCUT2D eigenvalue weighted by Crippen LogP contribution is -1.97. The van der Waals surface area contributed by atoms with Crippen LogP contribution in [0, 0.1) is 0 Å². The predicted octanol–water partition coefficient (Wildman–Crippen LogP) is 11.8. The van der Waals surface area contributed by atoms with Crippen LogP contribution in [0.4, 0.5) is 11.4 Å². The average molecular weight is 555 g/mol. The minimum Gasteiger partial charge on any atom is -0.494 e. The van der Waals surface area contributed by atoms with Gasteiger partial charge in [0.2, 0.25) is 0 Å². The van der Waals surface area contributed by atoms with Crippen molar-refractivity contribution in [2.75, 3.05) is 19.0 Å². The van der Waals surface area contributed by atoms with Gasteiger partial charge < -0.3 is 9.47 Å². The molecule has 2 aromatic carbocycles. The first-order valence-electron chi connectivity index (χ1n) is 15.8.